The molecule has 14 bridgehead atoms. The van der Waals surface area contributed by atoms with Crippen molar-refractivity contribution in [3.05, 3.63) is 182 Å². The Morgan fingerprint density at radius 2 is 1.61 bits per heavy atom. The average molecular weight is 1250 g/mol. The van der Waals surface area contributed by atoms with Gasteiger partial charge in [-0.3, -0.25) is 4.79 Å². The molecule has 19 rings (SSSR count). The number of carbonyl (C=O) groups is 1. The van der Waals surface area contributed by atoms with E-state index in [0.29, 0.717) is 43.2 Å². The van der Waals surface area contributed by atoms with Gasteiger partial charge in [-0.25, -0.2) is 0 Å². The second kappa shape index (κ2) is 19.9. The normalized spacial score (nSPS) is 38.8. The smallest absolute Gasteiger partial charge is 0.160 e. The number of nitrogens with one attached hydrogen (secondary N) is 1. The molecular formula is C83H82N2O9. The summed E-state index contributed by atoms with van der Waals surface area (Å²) in [6.07, 6.45) is 19.4. The SMILES string of the molecule is COc1cc([C@@H]2CC(=O)[C@H]3Cc4cc5cc6c4[C@@H]4C#CC[C@H]7N[C@H]8C[C@H]9C(=C%10C=C([C@H](O)C[C@@H]%10C%10=C[C@H]%11CCC[C@]%11%12C[C@@]%109[C@@H]9C[C@H]%12c%10cc(O)c(O)cc%10[C@]89[C@@H]([C@H]3O)[C@H]7C#C[C@@H]2Cc2ccccc2)C52CCCCC2)n2cc3cccc(c3c2)[C@H]6C[C@H]4O)c(CO)cc1O. The molecule has 4 saturated carbocycles. The Morgan fingerprint density at radius 3 is 2.45 bits per heavy atom. The highest BCUT2D eigenvalue weighted by atomic mass is 16.5. The maximum absolute atomic E-state index is 17.5. The number of ketones is 1. The minimum Gasteiger partial charge on any atom is -0.504 e. The van der Waals surface area contributed by atoms with Crippen LogP contribution in [-0.4, -0.2) is 83.6 Å². The van der Waals surface area contributed by atoms with Crippen LogP contribution in [0.5, 0.6) is 23.0 Å². The molecule has 13 aliphatic rings. The molecule has 2 aliphatic heterocycles. The number of carbonyl (C=O) groups excluding carboxylic acids is 1. The molecule has 8 N–H and O–H groups in total. The van der Waals surface area contributed by atoms with E-state index in [1.807, 2.05) is 30.3 Å². The number of phenols is 3. The highest BCUT2D eigenvalue weighted by Gasteiger charge is 2.79. The molecule has 20 atom stereocenters. The van der Waals surface area contributed by atoms with Crippen molar-refractivity contribution in [3.8, 4) is 46.7 Å². The fourth-order valence-corrected chi connectivity index (χ4v) is 25.3. The van der Waals surface area contributed by atoms with Gasteiger partial charge >= 0.3 is 0 Å². The Balaban J connectivity index is 0.974. The summed E-state index contributed by atoms with van der Waals surface area (Å²) in [5, 5.41) is 96.8. The first-order valence-electron chi connectivity index (χ1n) is 35.7. The summed E-state index contributed by atoms with van der Waals surface area (Å²) in [5.74, 6) is 10.9. The lowest BCUT2D eigenvalue weighted by molar-refractivity contribution is -0.185. The highest BCUT2D eigenvalue weighted by Crippen LogP contribution is 2.84. The molecule has 11 heteroatoms. The van der Waals surface area contributed by atoms with Gasteiger partial charge < -0.3 is 50.4 Å². The van der Waals surface area contributed by atoms with Gasteiger partial charge in [0, 0.05) is 117 Å². The number of allylic oxidation sites excluding steroid dienone is 5. The largest absolute Gasteiger partial charge is 0.504 e. The van der Waals surface area contributed by atoms with E-state index in [2.05, 4.69) is 101 Å². The summed E-state index contributed by atoms with van der Waals surface area (Å²) >= 11 is 0. The van der Waals surface area contributed by atoms with Gasteiger partial charge in [-0.2, -0.15) is 0 Å². The van der Waals surface area contributed by atoms with E-state index < -0.39 is 82.7 Å². The van der Waals surface area contributed by atoms with Crippen LogP contribution in [0.4, 0.5) is 0 Å². The molecule has 0 unspecified atom stereocenters. The number of hydrogen-bond donors (Lipinski definition) is 8. The first-order valence-corrected chi connectivity index (χ1v) is 35.7. The number of aromatic hydroxyl groups is 3. The van der Waals surface area contributed by atoms with Gasteiger partial charge in [0.2, 0.25) is 0 Å². The van der Waals surface area contributed by atoms with Crippen molar-refractivity contribution in [1.82, 2.24) is 9.88 Å². The number of hydrogen-bond acceptors (Lipinski definition) is 10. The van der Waals surface area contributed by atoms with Crippen molar-refractivity contribution in [2.75, 3.05) is 7.11 Å². The van der Waals surface area contributed by atoms with Crippen LogP contribution in [-0.2, 0) is 35.1 Å². The number of aromatic nitrogens is 1. The second-order valence-corrected chi connectivity index (χ2v) is 31.9. The number of benzene rings is 5. The van der Waals surface area contributed by atoms with Crippen LogP contribution in [0.15, 0.2) is 126 Å². The Bertz CT molecular complexity index is 4560. The lowest BCUT2D eigenvalue weighted by Gasteiger charge is -2.77. The zero-order chi connectivity index (χ0) is 63.2. The molecule has 5 fully saturated rings. The summed E-state index contributed by atoms with van der Waals surface area (Å²) in [4.78, 5) is 17.5. The van der Waals surface area contributed by atoms with E-state index in [0.717, 1.165) is 125 Å². The van der Waals surface area contributed by atoms with E-state index >= 15 is 9.90 Å². The first-order chi connectivity index (χ1) is 45.8. The van der Waals surface area contributed by atoms with Gasteiger partial charge in [0.15, 0.2) is 23.0 Å². The lowest BCUT2D eigenvalue weighted by atomic mass is 9.27. The van der Waals surface area contributed by atoms with Crippen LogP contribution in [0.2, 0.25) is 0 Å². The third kappa shape index (κ3) is 7.21. The zero-order valence-electron chi connectivity index (χ0n) is 53.3. The molecule has 5 aromatic carbocycles. The Hall–Kier alpha value is -7.35. The Labute approximate surface area is 549 Å². The second-order valence-electron chi connectivity index (χ2n) is 31.9. The average Bonchev–Trinajstić information content (AvgIpc) is 0.864. The summed E-state index contributed by atoms with van der Waals surface area (Å²) in [6.45, 7) is -0.409. The quantitative estimate of drug-likeness (QED) is 0.0469. The minimum atomic E-state index is -1.33. The number of phenolic OH excluding ortho intramolecular Hbond substituents is 3. The van der Waals surface area contributed by atoms with Gasteiger partial charge in [-0.15, -0.1) is 5.92 Å². The highest BCUT2D eigenvalue weighted by molar-refractivity contribution is 5.89. The summed E-state index contributed by atoms with van der Waals surface area (Å²) in [7, 11) is 1.51. The fraction of sp³-hybridized carbons (Fsp3) is 0.482. The van der Waals surface area contributed by atoms with Gasteiger partial charge in [0.05, 0.1) is 37.9 Å². The van der Waals surface area contributed by atoms with E-state index in [4.69, 9.17) is 4.74 Å². The maximum Gasteiger partial charge on any atom is 0.160 e. The standard InChI is InChI=1S/C83H82N2O9/c1-94-73-34-53(46(40-86)26-72(73)92)52-30-68(88)59-25-45-24-48-27-56-54-31-67(87)51(76(45)56)16-9-17-66-50(19-18-43(52)23-42-11-4-2-5-12-42)77(79(59)93)83-63-35-71(91)70(90)33-58(63)61-36-74(83)82-41-81(61)22-10-14-47(81)28-62(82)55-32-69(89)64(80(48)20-6-3-7-21-80)29-57(55)78(65(82)37-75(83)84-66)85-38-44-13-8-15-49(54)60(44)39-85/h2,4-5,8,11-13,15,24,26-29,33-35,38-39,43,47,50-52,54-55,59,61,65-67,69,74-75,77,79,84,86-87,89-93H,3,6-7,10,14,17,20-23,25,30-32,36-37,40-41H2,1H3/t43-,47-,50+,51-,52-,54-,55+,59-,61+,65+,66-,67-,69-,74+,75+,77-,79+,81+,82-,83-/m1/s1. The van der Waals surface area contributed by atoms with Crippen molar-refractivity contribution >= 4 is 22.3 Å². The van der Waals surface area contributed by atoms with Crippen LogP contribution < -0.4 is 10.1 Å². The molecule has 4 spiro atoms. The number of fused-ring (bicyclic) bond motifs is 12. The van der Waals surface area contributed by atoms with Crippen molar-refractivity contribution in [2.45, 2.75) is 181 Å². The molecule has 6 aromatic rings. The molecule has 3 heterocycles. The predicted molar refractivity (Wildman–Crippen MR) is 357 cm³/mol. The third-order valence-electron chi connectivity index (χ3n) is 28.6. The topological polar surface area (TPSA) is 185 Å². The Kier molecular flexibility index (Phi) is 12.1. The van der Waals surface area contributed by atoms with Gasteiger partial charge in [-0.05, 0) is 185 Å². The number of nitrogens with zero attached hydrogens (tertiary/aromatic N) is 1. The third-order valence-corrected chi connectivity index (χ3v) is 28.6. The number of rotatable bonds is 5. The minimum absolute atomic E-state index is 0.0253. The van der Waals surface area contributed by atoms with Crippen LogP contribution in [0.3, 0.4) is 0 Å². The molecule has 11 nitrogen and oxygen atoms in total. The van der Waals surface area contributed by atoms with Crippen LogP contribution in [0.1, 0.15) is 176 Å². The molecule has 478 valence electrons. The molecular weight excluding hydrogens is 1170 g/mol. The van der Waals surface area contributed by atoms with Gasteiger partial charge in [0.25, 0.3) is 0 Å². The molecule has 94 heavy (non-hydrogen) atoms. The molecule has 1 aromatic heterocycles. The van der Waals surface area contributed by atoms with E-state index in [9.17, 15) is 30.6 Å². The first kappa shape index (κ1) is 56.9. The summed E-state index contributed by atoms with van der Waals surface area (Å²) < 4.78 is 8.42. The molecule has 11 aliphatic carbocycles. The van der Waals surface area contributed by atoms with Crippen LogP contribution >= 0.6 is 0 Å². The van der Waals surface area contributed by atoms with Gasteiger partial charge in [0.1, 0.15) is 5.78 Å². The van der Waals surface area contributed by atoms with Gasteiger partial charge in [-0.1, -0.05) is 122 Å². The van der Waals surface area contributed by atoms with Crippen LogP contribution in [0.25, 0.3) is 16.5 Å². The van der Waals surface area contributed by atoms with Crippen LogP contribution in [0, 0.1) is 81.9 Å². The van der Waals surface area contributed by atoms with Crippen molar-refractivity contribution in [3.63, 3.8) is 0 Å². The number of piperidine rings is 1. The Morgan fingerprint density at radius 1 is 0.755 bits per heavy atom. The number of ether oxygens (including phenoxy) is 1. The van der Waals surface area contributed by atoms with Crippen molar-refractivity contribution in [2.24, 2.45) is 58.2 Å². The maximum atomic E-state index is 17.5. The van der Waals surface area contributed by atoms with Crippen molar-refractivity contribution < 1.29 is 45.3 Å². The predicted octanol–water partition coefficient (Wildman–Crippen LogP) is 12.3. The number of aliphatic hydroxyl groups excluding tert-OH is 4. The van der Waals surface area contributed by atoms with E-state index in [-0.39, 0.29) is 88.6 Å². The number of methoxy groups -OCH3 is 1. The lowest BCUT2D eigenvalue weighted by Crippen LogP contribution is -2.79. The zero-order valence-corrected chi connectivity index (χ0v) is 53.3. The molecule has 0 amide bonds. The summed E-state index contributed by atoms with van der Waals surface area (Å²) in [5.41, 5.74) is 12.3. The van der Waals surface area contributed by atoms with Crippen molar-refractivity contribution in [1.29, 1.82) is 0 Å². The number of aliphatic hydroxyl groups is 4. The summed E-state index contributed by atoms with van der Waals surface area (Å²) in [6, 6.07) is 28.2. The number of Topliss-reactive ketones (excluding diaryl/α,β-unsaturated/α-hetero) is 1. The molecule has 0 radical (unpaired) electrons. The van der Waals surface area contributed by atoms with E-state index in [1.54, 1.807) is 12.1 Å². The van der Waals surface area contributed by atoms with E-state index in [1.165, 1.54) is 24.0 Å². The monoisotopic (exact) mass is 1250 g/mol. The fourth-order valence-electron chi connectivity index (χ4n) is 25.3. The molecule has 1 saturated heterocycles.